The van der Waals surface area contributed by atoms with Crippen molar-refractivity contribution in [3.05, 3.63) is 82.9 Å². The number of aryl methyl sites for hydroxylation is 1. The molecule has 2 aromatic carbocycles. The Labute approximate surface area is 178 Å². The van der Waals surface area contributed by atoms with E-state index in [2.05, 4.69) is 4.98 Å². The number of carbonyl (C=O) groups excluding carboxylic acids is 2. The van der Waals surface area contributed by atoms with Crippen LogP contribution in [-0.4, -0.2) is 31.0 Å². The van der Waals surface area contributed by atoms with E-state index in [1.807, 2.05) is 6.07 Å². The summed E-state index contributed by atoms with van der Waals surface area (Å²) < 4.78 is 21.7. The van der Waals surface area contributed by atoms with E-state index in [9.17, 15) is 9.59 Å². The lowest BCUT2D eigenvalue weighted by molar-refractivity contribution is 0.0734. The summed E-state index contributed by atoms with van der Waals surface area (Å²) in [5, 5.41) is 0. The average Bonchev–Trinajstić information content (AvgIpc) is 3.09. The van der Waals surface area contributed by atoms with E-state index < -0.39 is 5.97 Å². The van der Waals surface area contributed by atoms with Crippen LogP contribution in [0, 0.1) is 6.92 Å². The zero-order valence-electron chi connectivity index (χ0n) is 17.2. The van der Waals surface area contributed by atoms with Crippen LogP contribution in [0.5, 0.6) is 23.0 Å². The van der Waals surface area contributed by atoms with Crippen molar-refractivity contribution in [2.24, 2.45) is 0 Å². The van der Waals surface area contributed by atoms with Crippen molar-refractivity contribution in [2.75, 3.05) is 14.2 Å². The van der Waals surface area contributed by atoms with E-state index in [1.54, 1.807) is 49.7 Å². The van der Waals surface area contributed by atoms with Gasteiger partial charge in [0.25, 0.3) is 0 Å². The van der Waals surface area contributed by atoms with Crippen LogP contribution < -0.4 is 18.9 Å². The number of esters is 1. The number of ketones is 1. The number of ether oxygens (including phenoxy) is 4. The molecule has 0 spiro atoms. The lowest BCUT2D eigenvalue weighted by Gasteiger charge is -2.10. The standard InChI is InChI=1S/C24H19NO6/c1-14-9-17(30-24(27)16-6-7-18(28-2)19(11-16)29-3)12-20-22(14)23(26)21(31-20)10-15-5-4-8-25-13-15/h4-13H,1-3H3. The van der Waals surface area contributed by atoms with Crippen molar-refractivity contribution in [2.45, 2.75) is 6.92 Å². The van der Waals surface area contributed by atoms with Gasteiger partial charge in [-0.1, -0.05) is 6.07 Å². The maximum absolute atomic E-state index is 12.8. The second-order valence-corrected chi connectivity index (χ2v) is 6.80. The van der Waals surface area contributed by atoms with Crippen molar-refractivity contribution in [1.82, 2.24) is 4.98 Å². The summed E-state index contributed by atoms with van der Waals surface area (Å²) in [4.78, 5) is 29.4. The number of pyridine rings is 1. The minimum absolute atomic E-state index is 0.189. The van der Waals surface area contributed by atoms with Crippen LogP contribution in [0.25, 0.3) is 6.08 Å². The molecule has 7 heteroatoms. The Bertz CT molecular complexity index is 1200. The second kappa shape index (κ2) is 8.31. The Kier molecular flexibility index (Phi) is 5.41. The first-order valence-corrected chi connectivity index (χ1v) is 9.43. The summed E-state index contributed by atoms with van der Waals surface area (Å²) in [5.74, 6) is 0.925. The van der Waals surface area contributed by atoms with Crippen LogP contribution in [-0.2, 0) is 0 Å². The largest absolute Gasteiger partial charge is 0.493 e. The van der Waals surface area contributed by atoms with Crippen LogP contribution in [0.3, 0.4) is 0 Å². The van der Waals surface area contributed by atoms with Gasteiger partial charge in [0.2, 0.25) is 5.78 Å². The van der Waals surface area contributed by atoms with E-state index >= 15 is 0 Å². The number of carbonyl (C=O) groups is 2. The van der Waals surface area contributed by atoms with Crippen LogP contribution >= 0.6 is 0 Å². The third-order valence-electron chi connectivity index (χ3n) is 4.76. The first kappa shape index (κ1) is 20.2. The molecule has 0 unspecified atom stereocenters. The van der Waals surface area contributed by atoms with Gasteiger partial charge in [-0.3, -0.25) is 9.78 Å². The molecule has 0 bridgehead atoms. The fourth-order valence-corrected chi connectivity index (χ4v) is 3.28. The Morgan fingerprint density at radius 2 is 1.87 bits per heavy atom. The highest BCUT2D eigenvalue weighted by Crippen LogP contribution is 2.38. The molecule has 0 radical (unpaired) electrons. The molecule has 31 heavy (non-hydrogen) atoms. The van der Waals surface area contributed by atoms with E-state index in [0.717, 1.165) is 5.56 Å². The summed E-state index contributed by atoms with van der Waals surface area (Å²) in [6.45, 7) is 1.76. The van der Waals surface area contributed by atoms with Crippen molar-refractivity contribution in [3.8, 4) is 23.0 Å². The maximum atomic E-state index is 12.8. The monoisotopic (exact) mass is 417 g/mol. The smallest absolute Gasteiger partial charge is 0.343 e. The van der Waals surface area contributed by atoms with Crippen molar-refractivity contribution in [1.29, 1.82) is 0 Å². The number of Topliss-reactive ketones (excluding diaryl/α,β-unsaturated/α-hetero) is 1. The van der Waals surface area contributed by atoms with Crippen LogP contribution in [0.1, 0.15) is 31.8 Å². The number of fused-ring (bicyclic) bond motifs is 1. The minimum Gasteiger partial charge on any atom is -0.493 e. The van der Waals surface area contributed by atoms with E-state index in [4.69, 9.17) is 18.9 Å². The molecule has 1 aliphatic rings. The highest BCUT2D eigenvalue weighted by atomic mass is 16.5. The normalized spacial score (nSPS) is 13.5. The molecule has 3 aromatic rings. The van der Waals surface area contributed by atoms with Gasteiger partial charge in [0, 0.05) is 18.5 Å². The van der Waals surface area contributed by atoms with Gasteiger partial charge < -0.3 is 18.9 Å². The summed E-state index contributed by atoms with van der Waals surface area (Å²) in [6, 6.07) is 11.5. The Hall–Kier alpha value is -4.13. The molecule has 0 amide bonds. The SMILES string of the molecule is COc1ccc(C(=O)Oc2cc(C)c3c(c2)OC(=Cc2cccnc2)C3=O)cc1OC. The first-order chi connectivity index (χ1) is 15.0. The van der Waals surface area contributed by atoms with Gasteiger partial charge in [-0.2, -0.15) is 0 Å². The predicted octanol–water partition coefficient (Wildman–Crippen LogP) is 4.24. The van der Waals surface area contributed by atoms with Crippen LogP contribution in [0.4, 0.5) is 0 Å². The van der Waals surface area contributed by atoms with Crippen LogP contribution in [0.15, 0.2) is 60.6 Å². The number of rotatable bonds is 5. The Morgan fingerprint density at radius 3 is 2.58 bits per heavy atom. The Balaban J connectivity index is 1.59. The minimum atomic E-state index is -0.573. The molecule has 0 fully saturated rings. The first-order valence-electron chi connectivity index (χ1n) is 9.43. The quantitative estimate of drug-likeness (QED) is 0.349. The van der Waals surface area contributed by atoms with E-state index in [1.165, 1.54) is 26.4 Å². The number of hydrogen-bond donors (Lipinski definition) is 0. The molecular weight excluding hydrogens is 398 g/mol. The number of aromatic nitrogens is 1. The molecule has 0 saturated heterocycles. The summed E-state index contributed by atoms with van der Waals surface area (Å²) in [7, 11) is 3.00. The van der Waals surface area contributed by atoms with Crippen molar-refractivity contribution < 1.29 is 28.5 Å². The van der Waals surface area contributed by atoms with E-state index in [0.29, 0.717) is 33.9 Å². The average molecular weight is 417 g/mol. The zero-order valence-corrected chi connectivity index (χ0v) is 17.2. The van der Waals surface area contributed by atoms with E-state index in [-0.39, 0.29) is 17.3 Å². The lowest BCUT2D eigenvalue weighted by Crippen LogP contribution is -2.09. The molecule has 7 nitrogen and oxygen atoms in total. The third-order valence-corrected chi connectivity index (χ3v) is 4.76. The Morgan fingerprint density at radius 1 is 1.06 bits per heavy atom. The highest BCUT2D eigenvalue weighted by molar-refractivity contribution is 6.15. The maximum Gasteiger partial charge on any atom is 0.343 e. The lowest BCUT2D eigenvalue weighted by atomic mass is 10.0. The highest BCUT2D eigenvalue weighted by Gasteiger charge is 2.30. The van der Waals surface area contributed by atoms with Crippen molar-refractivity contribution >= 4 is 17.8 Å². The fourth-order valence-electron chi connectivity index (χ4n) is 3.28. The number of hydrogen-bond acceptors (Lipinski definition) is 7. The van der Waals surface area contributed by atoms with Gasteiger partial charge in [-0.15, -0.1) is 0 Å². The summed E-state index contributed by atoms with van der Waals surface area (Å²) >= 11 is 0. The van der Waals surface area contributed by atoms with Gasteiger partial charge in [-0.25, -0.2) is 4.79 Å². The molecular formula is C24H19NO6. The van der Waals surface area contributed by atoms with Gasteiger partial charge in [-0.05, 0) is 54.5 Å². The molecule has 0 N–H and O–H groups in total. The second-order valence-electron chi connectivity index (χ2n) is 6.80. The van der Waals surface area contributed by atoms with Crippen molar-refractivity contribution in [3.63, 3.8) is 0 Å². The molecule has 1 aliphatic heterocycles. The molecule has 0 saturated carbocycles. The van der Waals surface area contributed by atoms with Gasteiger partial charge in [0.1, 0.15) is 11.5 Å². The van der Waals surface area contributed by atoms with Gasteiger partial charge in [0.15, 0.2) is 17.3 Å². The number of methoxy groups -OCH3 is 2. The number of allylic oxidation sites excluding steroid dienone is 1. The summed E-state index contributed by atoms with van der Waals surface area (Å²) in [5.41, 5.74) is 2.13. The third kappa shape index (κ3) is 3.98. The van der Waals surface area contributed by atoms with Gasteiger partial charge in [0.05, 0.1) is 25.3 Å². The van der Waals surface area contributed by atoms with Gasteiger partial charge >= 0.3 is 5.97 Å². The molecule has 4 rings (SSSR count). The molecule has 156 valence electrons. The number of benzene rings is 2. The summed E-state index contributed by atoms with van der Waals surface area (Å²) in [6.07, 6.45) is 4.91. The predicted molar refractivity (Wildman–Crippen MR) is 113 cm³/mol. The topological polar surface area (TPSA) is 84.0 Å². The molecule has 0 aliphatic carbocycles. The molecule has 2 heterocycles. The molecule has 1 aromatic heterocycles. The molecule has 0 atom stereocenters. The van der Waals surface area contributed by atoms with Crippen LogP contribution in [0.2, 0.25) is 0 Å². The number of nitrogens with zero attached hydrogens (tertiary/aromatic N) is 1. The fraction of sp³-hybridized carbons (Fsp3) is 0.125. The zero-order chi connectivity index (χ0) is 22.0.